The van der Waals surface area contributed by atoms with Gasteiger partial charge in [-0.25, -0.2) is 0 Å². The summed E-state index contributed by atoms with van der Waals surface area (Å²) in [6.07, 6.45) is 2.83. The Morgan fingerprint density at radius 2 is 2.00 bits per heavy atom. The summed E-state index contributed by atoms with van der Waals surface area (Å²) in [5.41, 5.74) is 0.766. The molecule has 11 heavy (non-hydrogen) atoms. The minimum absolute atomic E-state index is 0.212. The molecule has 0 aromatic carbocycles. The summed E-state index contributed by atoms with van der Waals surface area (Å²) < 4.78 is 0. The van der Waals surface area contributed by atoms with E-state index in [4.69, 9.17) is 0 Å². The van der Waals surface area contributed by atoms with Crippen molar-refractivity contribution in [2.45, 2.75) is 26.1 Å². The molecule has 0 heterocycles. The van der Waals surface area contributed by atoms with Crippen molar-refractivity contribution in [2.75, 3.05) is 0 Å². The molecule has 1 nitrogen and oxygen atoms in total. The third kappa shape index (κ3) is 1.51. The fourth-order valence-corrected chi connectivity index (χ4v) is 2.82. The van der Waals surface area contributed by atoms with E-state index in [1.54, 1.807) is 0 Å². The summed E-state index contributed by atoms with van der Waals surface area (Å²) in [4.78, 5) is 11.4. The number of hydrogen-bond donors (Lipinski definition) is 0. The zero-order valence-corrected chi connectivity index (χ0v) is 8.40. The van der Waals surface area contributed by atoms with Crippen molar-refractivity contribution in [1.29, 1.82) is 0 Å². The minimum atomic E-state index is -1.38. The third-order valence-corrected chi connectivity index (χ3v) is 3.97. The quantitative estimate of drug-likeness (QED) is 0.431. The van der Waals surface area contributed by atoms with E-state index in [1.165, 1.54) is 0 Å². The van der Waals surface area contributed by atoms with Crippen molar-refractivity contribution in [2.24, 2.45) is 0 Å². The van der Waals surface area contributed by atoms with Crippen LogP contribution >= 0.6 is 0 Å². The van der Waals surface area contributed by atoms with Gasteiger partial charge in [0.1, 0.15) is 0 Å². The van der Waals surface area contributed by atoms with Gasteiger partial charge in [0, 0.05) is 0 Å². The number of carbonyl (C=O) groups excluding carboxylic acids is 1. The molecule has 0 amide bonds. The number of allylic oxidation sites excluding steroid dienone is 3. The van der Waals surface area contributed by atoms with E-state index in [2.05, 4.69) is 32.3 Å². The van der Waals surface area contributed by atoms with Crippen LogP contribution in [0, 0.1) is 0 Å². The van der Waals surface area contributed by atoms with Crippen LogP contribution < -0.4 is 0 Å². The van der Waals surface area contributed by atoms with E-state index in [0.29, 0.717) is 0 Å². The van der Waals surface area contributed by atoms with E-state index in [0.717, 1.165) is 17.2 Å². The molecule has 0 saturated carbocycles. The van der Waals surface area contributed by atoms with Crippen LogP contribution in [0.2, 0.25) is 19.6 Å². The number of carbonyl (C=O) groups is 1. The summed E-state index contributed by atoms with van der Waals surface area (Å²) in [6.45, 7) is 10.3. The summed E-state index contributed by atoms with van der Waals surface area (Å²) in [5.74, 6) is 0.212. The lowest BCUT2D eigenvalue weighted by molar-refractivity contribution is -0.111. The highest BCUT2D eigenvalue weighted by Crippen LogP contribution is 2.26. The molecule has 60 valence electrons. The first-order chi connectivity index (χ1) is 4.93. The Hall–Kier alpha value is -0.633. The molecule has 0 unspecified atom stereocenters. The summed E-state index contributed by atoms with van der Waals surface area (Å²) in [7, 11) is -1.38. The van der Waals surface area contributed by atoms with Gasteiger partial charge in [-0.15, -0.1) is 0 Å². The second-order valence-electron chi connectivity index (χ2n) is 4.00. The Morgan fingerprint density at radius 3 is 2.18 bits per heavy atom. The number of rotatable bonds is 1. The van der Waals surface area contributed by atoms with Gasteiger partial charge in [-0.1, -0.05) is 32.3 Å². The zero-order chi connectivity index (χ0) is 8.65. The molecule has 0 atom stereocenters. The molecule has 0 aromatic rings. The van der Waals surface area contributed by atoms with Crippen molar-refractivity contribution in [3.05, 3.63) is 23.4 Å². The smallest absolute Gasteiger partial charge is 0.180 e. The summed E-state index contributed by atoms with van der Waals surface area (Å²) in [5, 5.41) is 1.06. The first-order valence-electron chi connectivity index (χ1n) is 3.86. The second-order valence-corrected chi connectivity index (χ2v) is 9.04. The largest absolute Gasteiger partial charge is 0.290 e. The lowest BCUT2D eigenvalue weighted by Gasteiger charge is -2.15. The topological polar surface area (TPSA) is 17.1 Å². The van der Waals surface area contributed by atoms with E-state index in [9.17, 15) is 4.79 Å². The van der Waals surface area contributed by atoms with Crippen molar-refractivity contribution >= 4 is 13.9 Å². The van der Waals surface area contributed by atoms with Gasteiger partial charge < -0.3 is 0 Å². The lowest BCUT2D eigenvalue weighted by Crippen LogP contribution is -2.27. The molecule has 1 aliphatic rings. The maximum absolute atomic E-state index is 11.4. The van der Waals surface area contributed by atoms with Crippen LogP contribution in [0.5, 0.6) is 0 Å². The SMILES string of the molecule is C=C1CC=C([Si](C)(C)C)C1=O. The predicted octanol–water partition coefficient (Wildman–Crippen LogP) is 2.32. The van der Waals surface area contributed by atoms with Crippen molar-refractivity contribution in [3.63, 3.8) is 0 Å². The monoisotopic (exact) mass is 166 g/mol. The van der Waals surface area contributed by atoms with Gasteiger partial charge in [0.25, 0.3) is 0 Å². The predicted molar refractivity (Wildman–Crippen MR) is 50.2 cm³/mol. The van der Waals surface area contributed by atoms with Crippen LogP contribution in [0.25, 0.3) is 0 Å². The number of hydrogen-bond acceptors (Lipinski definition) is 1. The van der Waals surface area contributed by atoms with Gasteiger partial charge in [0.05, 0.1) is 8.07 Å². The van der Waals surface area contributed by atoms with Crippen LogP contribution in [0.15, 0.2) is 23.4 Å². The van der Waals surface area contributed by atoms with Crippen molar-refractivity contribution in [3.8, 4) is 0 Å². The Labute approximate surface area is 68.8 Å². The van der Waals surface area contributed by atoms with Gasteiger partial charge >= 0.3 is 0 Å². The lowest BCUT2D eigenvalue weighted by atomic mass is 10.2. The van der Waals surface area contributed by atoms with Crippen LogP contribution in [-0.2, 0) is 4.79 Å². The fourth-order valence-electron chi connectivity index (χ4n) is 1.25. The highest BCUT2D eigenvalue weighted by Gasteiger charge is 2.29. The fraction of sp³-hybridized carbons (Fsp3) is 0.444. The van der Waals surface area contributed by atoms with Crippen molar-refractivity contribution < 1.29 is 4.79 Å². The van der Waals surface area contributed by atoms with Gasteiger partial charge in [-0.05, 0) is 17.2 Å². The van der Waals surface area contributed by atoms with E-state index in [1.807, 2.05) is 0 Å². The number of ketones is 1. The van der Waals surface area contributed by atoms with Crippen LogP contribution in [0.1, 0.15) is 6.42 Å². The van der Waals surface area contributed by atoms with E-state index in [-0.39, 0.29) is 5.78 Å². The molecule has 0 fully saturated rings. The zero-order valence-electron chi connectivity index (χ0n) is 7.40. The Kier molecular flexibility index (Phi) is 1.88. The van der Waals surface area contributed by atoms with Gasteiger partial charge in [0.15, 0.2) is 5.78 Å². The molecule has 0 spiro atoms. The highest BCUT2D eigenvalue weighted by molar-refractivity contribution is 6.88. The molecule has 0 saturated heterocycles. The molecular formula is C9H14OSi. The first kappa shape index (κ1) is 8.46. The average Bonchev–Trinajstić information content (AvgIpc) is 2.11. The third-order valence-electron chi connectivity index (χ3n) is 1.93. The standard InChI is InChI=1S/C9H14OSi/c1-7-5-6-8(9(7)10)11(2,3)4/h6H,1,5H2,2-4H3. The van der Waals surface area contributed by atoms with Crippen LogP contribution in [0.3, 0.4) is 0 Å². The van der Waals surface area contributed by atoms with Gasteiger partial charge in [-0.3, -0.25) is 4.79 Å². The maximum Gasteiger partial charge on any atom is 0.180 e. The molecule has 1 rings (SSSR count). The van der Waals surface area contributed by atoms with Gasteiger partial charge in [0.2, 0.25) is 0 Å². The molecular weight excluding hydrogens is 152 g/mol. The minimum Gasteiger partial charge on any atom is -0.290 e. The molecule has 0 radical (unpaired) electrons. The second kappa shape index (κ2) is 2.45. The summed E-state index contributed by atoms with van der Waals surface area (Å²) in [6, 6.07) is 0. The Balaban J connectivity index is 2.93. The molecule has 0 aromatic heterocycles. The normalized spacial score (nSPS) is 19.0. The number of Topliss-reactive ketones (excluding diaryl/α,β-unsaturated/α-hetero) is 1. The molecule has 0 N–H and O–H groups in total. The van der Waals surface area contributed by atoms with Gasteiger partial charge in [-0.2, -0.15) is 0 Å². The highest BCUT2D eigenvalue weighted by atomic mass is 28.3. The summed E-state index contributed by atoms with van der Waals surface area (Å²) >= 11 is 0. The van der Waals surface area contributed by atoms with E-state index < -0.39 is 8.07 Å². The first-order valence-corrected chi connectivity index (χ1v) is 7.36. The van der Waals surface area contributed by atoms with Crippen LogP contribution in [-0.4, -0.2) is 13.9 Å². The Bertz CT molecular complexity index is 243. The molecule has 1 aliphatic carbocycles. The van der Waals surface area contributed by atoms with Crippen molar-refractivity contribution in [1.82, 2.24) is 0 Å². The molecule has 0 bridgehead atoms. The Morgan fingerprint density at radius 1 is 1.45 bits per heavy atom. The van der Waals surface area contributed by atoms with Crippen LogP contribution in [0.4, 0.5) is 0 Å². The average molecular weight is 166 g/mol. The molecule has 0 aliphatic heterocycles. The molecule has 2 heteroatoms. The maximum atomic E-state index is 11.4. The van der Waals surface area contributed by atoms with E-state index >= 15 is 0 Å².